The van der Waals surface area contributed by atoms with Crippen molar-refractivity contribution in [2.45, 2.75) is 18.2 Å². The molecule has 0 aliphatic heterocycles. The Morgan fingerprint density at radius 1 is 0.935 bits per heavy atom. The monoisotopic (exact) mass is 446 g/mol. The molecule has 4 rings (SSSR count). The van der Waals surface area contributed by atoms with Crippen LogP contribution in [0.5, 0.6) is 0 Å². The van der Waals surface area contributed by atoms with Gasteiger partial charge in [0.25, 0.3) is 10.1 Å². The molecule has 3 aromatic rings. The average molecular weight is 446 g/mol. The summed E-state index contributed by atoms with van der Waals surface area (Å²) in [5.41, 5.74) is 7.30. The molecule has 0 fully saturated rings. The molecule has 3 aromatic carbocycles. The molecule has 154 valence electrons. The Morgan fingerprint density at radius 3 is 2.13 bits per heavy atom. The van der Waals surface area contributed by atoms with E-state index in [1.807, 2.05) is 25.1 Å². The van der Waals surface area contributed by atoms with Crippen LogP contribution in [-0.4, -0.2) is 54.1 Å². The summed E-state index contributed by atoms with van der Waals surface area (Å²) >= 11 is 0. The van der Waals surface area contributed by atoms with Crippen molar-refractivity contribution in [3.8, 4) is 0 Å². The Labute approximate surface area is 201 Å². The third kappa shape index (κ3) is 4.05. The van der Waals surface area contributed by atoms with Crippen molar-refractivity contribution < 1.29 is 22.6 Å². The summed E-state index contributed by atoms with van der Waals surface area (Å²) in [6.45, 7) is 1.99. The summed E-state index contributed by atoms with van der Waals surface area (Å²) in [4.78, 5) is 25.7. The molecule has 4 N–H and O–H groups in total. The molecule has 0 bridgehead atoms. The maximum atomic E-state index is 13.2. The Balaban J connectivity index is 0.00000272. The van der Waals surface area contributed by atoms with Crippen molar-refractivity contribution in [1.29, 1.82) is 0 Å². The van der Waals surface area contributed by atoms with Gasteiger partial charge in [-0.1, -0.05) is 43.3 Å². The van der Waals surface area contributed by atoms with Crippen molar-refractivity contribution in [3.05, 3.63) is 82.4 Å². The molecule has 1 aliphatic rings. The summed E-state index contributed by atoms with van der Waals surface area (Å²) in [5.74, 6) is -1.03. The third-order valence-corrected chi connectivity index (χ3v) is 5.99. The number of fused-ring (bicyclic) bond motifs is 2. The number of aryl methyl sites for hydroxylation is 1. The first-order valence-corrected chi connectivity index (χ1v) is 10.6. The van der Waals surface area contributed by atoms with Gasteiger partial charge in [-0.05, 0) is 30.2 Å². The van der Waals surface area contributed by atoms with Crippen molar-refractivity contribution >= 4 is 68.3 Å². The van der Waals surface area contributed by atoms with Gasteiger partial charge in [-0.25, -0.2) is 0 Å². The van der Waals surface area contributed by atoms with E-state index in [1.165, 1.54) is 12.1 Å². The fourth-order valence-electron chi connectivity index (χ4n) is 3.63. The van der Waals surface area contributed by atoms with Crippen LogP contribution in [0.25, 0.3) is 0 Å². The van der Waals surface area contributed by atoms with Gasteiger partial charge in [0, 0.05) is 16.8 Å². The van der Waals surface area contributed by atoms with E-state index in [0.717, 1.165) is 18.1 Å². The molecule has 0 amide bonds. The van der Waals surface area contributed by atoms with Crippen molar-refractivity contribution in [3.63, 3.8) is 0 Å². The van der Waals surface area contributed by atoms with Crippen LogP contribution in [0.4, 0.5) is 17.1 Å². The van der Waals surface area contributed by atoms with Crippen LogP contribution in [0.15, 0.2) is 59.5 Å². The van der Waals surface area contributed by atoms with Gasteiger partial charge >= 0.3 is 29.6 Å². The summed E-state index contributed by atoms with van der Waals surface area (Å²) < 4.78 is 33.5. The molecule has 0 aromatic heterocycles. The molecule has 9 heteroatoms. The molecule has 31 heavy (non-hydrogen) atoms. The zero-order chi connectivity index (χ0) is 21.6. The van der Waals surface area contributed by atoms with E-state index in [-0.39, 0.29) is 57.5 Å². The van der Waals surface area contributed by atoms with Crippen LogP contribution in [-0.2, 0) is 16.5 Å². The van der Waals surface area contributed by atoms with Gasteiger partial charge < -0.3 is 11.1 Å². The molecular weight excluding hydrogens is 427 g/mol. The number of hydrogen-bond acceptors (Lipinski definition) is 6. The SMILES string of the molecule is CCc1cccc(Nc2cc(S(=O)(=O)O)c(N)c3c2C(=O)c2ccccc2C3=O)c1.[NaH]. The molecule has 0 heterocycles. The van der Waals surface area contributed by atoms with Gasteiger partial charge in [-0.3, -0.25) is 14.1 Å². The first-order chi connectivity index (χ1) is 14.2. The van der Waals surface area contributed by atoms with E-state index in [2.05, 4.69) is 5.32 Å². The quantitative estimate of drug-likeness (QED) is 0.250. The summed E-state index contributed by atoms with van der Waals surface area (Å²) in [5, 5.41) is 3.02. The minimum atomic E-state index is -4.74. The Kier molecular flexibility index (Phi) is 6.40. The molecule has 0 saturated heterocycles. The predicted octanol–water partition coefficient (Wildman–Crippen LogP) is 2.95. The normalized spacial score (nSPS) is 12.6. The Bertz CT molecular complexity index is 1340. The molecule has 0 atom stereocenters. The van der Waals surface area contributed by atoms with Gasteiger partial charge in [0.2, 0.25) is 0 Å². The van der Waals surface area contributed by atoms with Gasteiger partial charge in [0.15, 0.2) is 11.6 Å². The number of hydrogen-bond donors (Lipinski definition) is 3. The van der Waals surface area contributed by atoms with E-state index >= 15 is 0 Å². The van der Waals surface area contributed by atoms with Crippen LogP contribution in [0.3, 0.4) is 0 Å². The first-order valence-electron chi connectivity index (χ1n) is 9.20. The average Bonchev–Trinajstić information content (AvgIpc) is 2.72. The van der Waals surface area contributed by atoms with Crippen molar-refractivity contribution in [1.82, 2.24) is 0 Å². The topological polar surface area (TPSA) is 127 Å². The molecule has 0 saturated carbocycles. The van der Waals surface area contributed by atoms with Gasteiger partial charge in [-0.2, -0.15) is 8.42 Å². The molecule has 7 nitrogen and oxygen atoms in total. The van der Waals surface area contributed by atoms with Crippen LogP contribution in [0, 0.1) is 0 Å². The second-order valence-corrected chi connectivity index (χ2v) is 8.33. The number of carbonyl (C=O) groups excluding carboxylic acids is 2. The van der Waals surface area contributed by atoms with Crippen LogP contribution in [0.2, 0.25) is 0 Å². The summed E-state index contributed by atoms with van der Waals surface area (Å²) in [6, 6.07) is 14.7. The van der Waals surface area contributed by atoms with Crippen LogP contribution in [0.1, 0.15) is 44.3 Å². The van der Waals surface area contributed by atoms with Crippen LogP contribution >= 0.6 is 0 Å². The van der Waals surface area contributed by atoms with Crippen molar-refractivity contribution in [2.24, 2.45) is 0 Å². The van der Waals surface area contributed by atoms with Gasteiger partial charge in [-0.15, -0.1) is 0 Å². The van der Waals surface area contributed by atoms with Gasteiger partial charge in [0.1, 0.15) is 4.90 Å². The van der Waals surface area contributed by atoms with Crippen LogP contribution < -0.4 is 11.1 Å². The summed E-state index contributed by atoms with van der Waals surface area (Å²) in [6.07, 6.45) is 0.774. The zero-order valence-electron chi connectivity index (χ0n) is 16.0. The van der Waals surface area contributed by atoms with E-state index in [9.17, 15) is 22.6 Å². The van der Waals surface area contributed by atoms with E-state index in [1.54, 1.807) is 18.2 Å². The number of nitrogens with one attached hydrogen (secondary N) is 1. The Morgan fingerprint density at radius 2 is 1.55 bits per heavy atom. The first kappa shape index (κ1) is 23.2. The van der Waals surface area contributed by atoms with Gasteiger partial charge in [0.05, 0.1) is 22.5 Å². The fraction of sp³-hybridized carbons (Fsp3) is 0.0909. The number of nitrogen functional groups attached to an aromatic ring is 1. The zero-order valence-corrected chi connectivity index (χ0v) is 16.8. The number of ketones is 2. The van der Waals surface area contributed by atoms with Crippen molar-refractivity contribution in [2.75, 3.05) is 11.1 Å². The third-order valence-electron chi connectivity index (χ3n) is 5.09. The number of rotatable bonds is 4. The maximum absolute atomic E-state index is 13.2. The molecule has 0 radical (unpaired) electrons. The number of anilines is 3. The second kappa shape index (κ2) is 8.57. The molecule has 1 aliphatic carbocycles. The molecule has 0 spiro atoms. The Hall–Kier alpha value is -2.49. The minimum absolute atomic E-state index is 0. The predicted molar refractivity (Wildman–Crippen MR) is 120 cm³/mol. The van der Waals surface area contributed by atoms with E-state index in [0.29, 0.717) is 5.69 Å². The second-order valence-electron chi connectivity index (χ2n) is 6.94. The number of carbonyl (C=O) groups is 2. The van der Waals surface area contributed by atoms with E-state index < -0.39 is 32.3 Å². The molecule has 0 unspecified atom stereocenters. The number of nitrogens with two attached hydrogens (primary N) is 1. The number of benzene rings is 3. The fourth-order valence-corrected chi connectivity index (χ4v) is 4.28. The molecular formula is C22H19N2NaO5S. The standard InChI is InChI=1S/C22H18N2O5S.Na.H/c1-2-12-6-5-7-13(10-12)24-16-11-17(30(27,28)29)20(23)19-18(16)21(25)14-8-3-4-9-15(14)22(19)26;;/h3-11,24H,2,23H2,1H3,(H,27,28,29);;. The summed E-state index contributed by atoms with van der Waals surface area (Å²) in [7, 11) is -4.74. The van der Waals surface area contributed by atoms with E-state index in [4.69, 9.17) is 5.73 Å².